The highest BCUT2D eigenvalue weighted by Gasteiger charge is 2.08. The van der Waals surface area contributed by atoms with Crippen LogP contribution in [-0.2, 0) is 6.42 Å². The molecule has 0 fully saturated rings. The topological polar surface area (TPSA) is 24.9 Å². The smallest absolute Gasteiger partial charge is 0.129 e. The SMILES string of the molecule is CCc1cc2cc(F)cc(Cl)c2nc1NC. The lowest BCUT2D eigenvalue weighted by Gasteiger charge is -2.09. The number of pyridine rings is 1. The van der Waals surface area contributed by atoms with Crippen LogP contribution in [0.4, 0.5) is 10.2 Å². The van der Waals surface area contributed by atoms with E-state index < -0.39 is 0 Å². The number of hydrogen-bond donors (Lipinski definition) is 1. The average Bonchev–Trinajstić information content (AvgIpc) is 2.27. The normalized spacial score (nSPS) is 10.8. The maximum atomic E-state index is 13.2. The summed E-state index contributed by atoms with van der Waals surface area (Å²) >= 11 is 5.96. The first kappa shape index (κ1) is 11.1. The Bertz CT molecular complexity index is 540. The van der Waals surface area contributed by atoms with Crippen molar-refractivity contribution in [3.63, 3.8) is 0 Å². The summed E-state index contributed by atoms with van der Waals surface area (Å²) in [6.45, 7) is 2.03. The van der Waals surface area contributed by atoms with Crippen LogP contribution in [0.25, 0.3) is 10.9 Å². The van der Waals surface area contributed by atoms with Crippen LogP contribution in [0.3, 0.4) is 0 Å². The number of anilines is 1. The molecule has 1 aromatic heterocycles. The van der Waals surface area contributed by atoms with Crippen LogP contribution >= 0.6 is 11.6 Å². The van der Waals surface area contributed by atoms with Gasteiger partial charge >= 0.3 is 0 Å². The number of halogens is 2. The summed E-state index contributed by atoms with van der Waals surface area (Å²) in [6.07, 6.45) is 0.841. The van der Waals surface area contributed by atoms with Gasteiger partial charge in [-0.15, -0.1) is 0 Å². The number of benzene rings is 1. The second-order valence-electron chi connectivity index (χ2n) is 3.56. The number of hydrogen-bond acceptors (Lipinski definition) is 2. The highest BCUT2D eigenvalue weighted by atomic mass is 35.5. The zero-order valence-corrected chi connectivity index (χ0v) is 9.90. The third kappa shape index (κ3) is 1.83. The van der Waals surface area contributed by atoms with Crippen molar-refractivity contribution < 1.29 is 4.39 Å². The minimum absolute atomic E-state index is 0.335. The predicted molar refractivity (Wildman–Crippen MR) is 65.6 cm³/mol. The van der Waals surface area contributed by atoms with E-state index in [0.717, 1.165) is 23.2 Å². The lowest BCUT2D eigenvalue weighted by atomic mass is 10.1. The molecule has 1 N–H and O–H groups in total. The minimum Gasteiger partial charge on any atom is -0.373 e. The van der Waals surface area contributed by atoms with Crippen LogP contribution in [-0.4, -0.2) is 12.0 Å². The predicted octanol–water partition coefficient (Wildman–Crippen LogP) is 3.63. The molecule has 0 radical (unpaired) electrons. The molecule has 4 heteroatoms. The molecule has 2 rings (SSSR count). The first-order chi connectivity index (χ1) is 7.65. The van der Waals surface area contributed by atoms with Gasteiger partial charge in [0.15, 0.2) is 0 Å². The maximum Gasteiger partial charge on any atom is 0.129 e. The molecule has 0 atom stereocenters. The molecule has 0 saturated heterocycles. The summed E-state index contributed by atoms with van der Waals surface area (Å²) in [6, 6.07) is 4.65. The van der Waals surface area contributed by atoms with E-state index in [-0.39, 0.29) is 5.82 Å². The fourth-order valence-corrected chi connectivity index (χ4v) is 2.00. The van der Waals surface area contributed by atoms with Gasteiger partial charge in [0.25, 0.3) is 0 Å². The fourth-order valence-electron chi connectivity index (χ4n) is 1.74. The second kappa shape index (κ2) is 4.26. The van der Waals surface area contributed by atoms with Gasteiger partial charge in [-0.25, -0.2) is 9.37 Å². The standard InChI is InChI=1S/C12H12ClFN2/c1-3-7-4-8-5-9(14)6-10(13)11(8)16-12(7)15-2/h4-6H,3H2,1-2H3,(H,15,16). The Morgan fingerprint density at radius 1 is 1.38 bits per heavy atom. The van der Waals surface area contributed by atoms with Crippen LogP contribution in [0.2, 0.25) is 5.02 Å². The molecule has 0 bridgehead atoms. The van der Waals surface area contributed by atoms with Gasteiger partial charge in [-0.05, 0) is 30.2 Å². The van der Waals surface area contributed by atoms with Crippen LogP contribution in [0.5, 0.6) is 0 Å². The Kier molecular flexibility index (Phi) is 2.97. The van der Waals surface area contributed by atoms with Gasteiger partial charge in [0, 0.05) is 12.4 Å². The van der Waals surface area contributed by atoms with E-state index >= 15 is 0 Å². The largest absolute Gasteiger partial charge is 0.373 e. The number of nitrogens with one attached hydrogen (secondary N) is 1. The van der Waals surface area contributed by atoms with E-state index in [9.17, 15) is 4.39 Å². The van der Waals surface area contributed by atoms with Crippen LogP contribution in [0.15, 0.2) is 18.2 Å². The van der Waals surface area contributed by atoms with E-state index in [4.69, 9.17) is 11.6 Å². The molecule has 0 spiro atoms. The third-order valence-corrected chi connectivity index (χ3v) is 2.82. The summed E-state index contributed by atoms with van der Waals surface area (Å²) in [4.78, 5) is 4.40. The highest BCUT2D eigenvalue weighted by molar-refractivity contribution is 6.35. The summed E-state index contributed by atoms with van der Waals surface area (Å²) in [7, 11) is 1.81. The number of fused-ring (bicyclic) bond motifs is 1. The van der Waals surface area contributed by atoms with E-state index in [1.165, 1.54) is 12.1 Å². The van der Waals surface area contributed by atoms with Gasteiger partial charge in [0.1, 0.15) is 11.6 Å². The highest BCUT2D eigenvalue weighted by Crippen LogP contribution is 2.27. The lowest BCUT2D eigenvalue weighted by molar-refractivity contribution is 0.629. The van der Waals surface area contributed by atoms with Crippen molar-refractivity contribution in [1.82, 2.24) is 4.98 Å². The monoisotopic (exact) mass is 238 g/mol. The lowest BCUT2D eigenvalue weighted by Crippen LogP contribution is -1.99. The molecule has 0 amide bonds. The quantitative estimate of drug-likeness (QED) is 0.864. The fraction of sp³-hybridized carbons (Fsp3) is 0.250. The van der Waals surface area contributed by atoms with E-state index in [0.29, 0.717) is 10.5 Å². The van der Waals surface area contributed by atoms with Crippen LogP contribution in [0, 0.1) is 5.82 Å². The summed E-state index contributed by atoms with van der Waals surface area (Å²) in [5, 5.41) is 4.10. The molecule has 0 saturated carbocycles. The van der Waals surface area contributed by atoms with Crippen molar-refractivity contribution in [1.29, 1.82) is 0 Å². The molecular weight excluding hydrogens is 227 g/mol. The first-order valence-corrected chi connectivity index (χ1v) is 5.50. The average molecular weight is 239 g/mol. The number of rotatable bonds is 2. The molecule has 0 unspecified atom stereocenters. The van der Waals surface area contributed by atoms with E-state index in [2.05, 4.69) is 10.3 Å². The van der Waals surface area contributed by atoms with Crippen LogP contribution in [0.1, 0.15) is 12.5 Å². The molecule has 0 aliphatic heterocycles. The summed E-state index contributed by atoms with van der Waals surface area (Å²) < 4.78 is 13.2. The third-order valence-electron chi connectivity index (χ3n) is 2.53. The second-order valence-corrected chi connectivity index (χ2v) is 3.97. The molecular formula is C12H12ClFN2. The number of aromatic nitrogens is 1. The Hall–Kier alpha value is -1.35. The van der Waals surface area contributed by atoms with Gasteiger partial charge in [-0.1, -0.05) is 18.5 Å². The van der Waals surface area contributed by atoms with Crippen molar-refractivity contribution >= 4 is 28.3 Å². The maximum absolute atomic E-state index is 13.2. The molecule has 0 aliphatic rings. The number of aryl methyl sites for hydroxylation is 1. The zero-order chi connectivity index (χ0) is 11.7. The van der Waals surface area contributed by atoms with Gasteiger partial charge in [0.05, 0.1) is 10.5 Å². The molecule has 1 heterocycles. The Morgan fingerprint density at radius 2 is 2.12 bits per heavy atom. The molecule has 2 nitrogen and oxygen atoms in total. The Labute approximate surface area is 98.4 Å². The summed E-state index contributed by atoms with van der Waals surface area (Å²) in [5.74, 6) is 0.460. The van der Waals surface area contributed by atoms with Gasteiger partial charge in [-0.2, -0.15) is 0 Å². The Morgan fingerprint density at radius 3 is 2.75 bits per heavy atom. The molecule has 84 valence electrons. The van der Waals surface area contributed by atoms with Crippen molar-refractivity contribution in [3.05, 3.63) is 34.6 Å². The van der Waals surface area contributed by atoms with Crippen molar-refractivity contribution in [2.75, 3.05) is 12.4 Å². The van der Waals surface area contributed by atoms with Gasteiger partial charge in [-0.3, -0.25) is 0 Å². The van der Waals surface area contributed by atoms with Crippen molar-refractivity contribution in [2.24, 2.45) is 0 Å². The van der Waals surface area contributed by atoms with Gasteiger partial charge in [0.2, 0.25) is 0 Å². The molecule has 0 aliphatic carbocycles. The number of nitrogens with zero attached hydrogens (tertiary/aromatic N) is 1. The van der Waals surface area contributed by atoms with Crippen molar-refractivity contribution in [2.45, 2.75) is 13.3 Å². The van der Waals surface area contributed by atoms with E-state index in [1.54, 1.807) is 0 Å². The van der Waals surface area contributed by atoms with E-state index in [1.807, 2.05) is 20.0 Å². The van der Waals surface area contributed by atoms with Crippen LogP contribution < -0.4 is 5.32 Å². The van der Waals surface area contributed by atoms with Gasteiger partial charge < -0.3 is 5.32 Å². The first-order valence-electron chi connectivity index (χ1n) is 5.12. The Balaban J connectivity index is 2.78. The van der Waals surface area contributed by atoms with Crippen molar-refractivity contribution in [3.8, 4) is 0 Å². The summed E-state index contributed by atoms with van der Waals surface area (Å²) in [5.41, 5.74) is 1.68. The minimum atomic E-state index is -0.335. The molecule has 1 aromatic carbocycles. The molecule has 16 heavy (non-hydrogen) atoms. The zero-order valence-electron chi connectivity index (χ0n) is 9.14. The molecule has 2 aromatic rings.